The molecule has 0 spiro atoms. The largest absolute Gasteiger partial charge is 0.406 e. The second-order valence-electron chi connectivity index (χ2n) is 4.44. The van der Waals surface area contributed by atoms with Crippen molar-refractivity contribution >= 4 is 21.8 Å². The Morgan fingerprint density at radius 1 is 1.24 bits per heavy atom. The Kier molecular flexibility index (Phi) is 6.12. The topological polar surface area (TPSA) is 20.3 Å². The number of rotatable bonds is 5. The summed E-state index contributed by atoms with van der Waals surface area (Å²) in [7, 11) is 0. The van der Waals surface area contributed by atoms with E-state index in [0.29, 0.717) is 17.7 Å². The highest BCUT2D eigenvalue weighted by Crippen LogP contribution is 2.23. The van der Waals surface area contributed by atoms with Gasteiger partial charge in [0.25, 0.3) is 5.91 Å². The maximum absolute atomic E-state index is 13.7. The summed E-state index contributed by atoms with van der Waals surface area (Å²) in [6.45, 7) is -0.0262. The normalized spacial score (nSPS) is 11.6. The van der Waals surface area contributed by atoms with Crippen molar-refractivity contribution in [3.8, 4) is 0 Å². The molecule has 1 aromatic carbocycles. The van der Waals surface area contributed by atoms with Gasteiger partial charge in [0.2, 0.25) is 0 Å². The number of benzene rings is 1. The van der Waals surface area contributed by atoms with Crippen LogP contribution in [0.15, 0.2) is 16.6 Å². The summed E-state index contributed by atoms with van der Waals surface area (Å²) in [5.41, 5.74) is -0.974. The summed E-state index contributed by atoms with van der Waals surface area (Å²) < 4.78 is 64.9. The van der Waals surface area contributed by atoms with Crippen molar-refractivity contribution in [2.24, 2.45) is 0 Å². The lowest BCUT2D eigenvalue weighted by Crippen LogP contribution is -2.40. The molecule has 0 bridgehead atoms. The van der Waals surface area contributed by atoms with Crippen molar-refractivity contribution in [3.63, 3.8) is 0 Å². The van der Waals surface area contributed by atoms with Crippen molar-refractivity contribution in [3.05, 3.63) is 33.8 Å². The average molecular weight is 374 g/mol. The number of carbonyl (C=O) groups is 1. The van der Waals surface area contributed by atoms with Crippen LogP contribution < -0.4 is 0 Å². The molecule has 1 rings (SSSR count). The Balaban J connectivity index is 3.10. The number of hydrogen-bond acceptors (Lipinski definition) is 1. The SMILES string of the molecule is CCCCN(CC(F)(F)F)C(=O)c1c(F)cc(Br)cc1F. The molecule has 0 fully saturated rings. The zero-order valence-electron chi connectivity index (χ0n) is 11.1. The van der Waals surface area contributed by atoms with Crippen LogP contribution in [0.5, 0.6) is 0 Å². The van der Waals surface area contributed by atoms with E-state index in [4.69, 9.17) is 0 Å². The van der Waals surface area contributed by atoms with Gasteiger partial charge < -0.3 is 4.90 Å². The van der Waals surface area contributed by atoms with Gasteiger partial charge in [0, 0.05) is 11.0 Å². The van der Waals surface area contributed by atoms with Crippen LogP contribution in [0.4, 0.5) is 22.0 Å². The molecule has 0 aliphatic heterocycles. The Labute approximate surface area is 127 Å². The number of hydrogen-bond donors (Lipinski definition) is 0. The van der Waals surface area contributed by atoms with Gasteiger partial charge in [-0.05, 0) is 18.6 Å². The van der Waals surface area contributed by atoms with Gasteiger partial charge in [-0.1, -0.05) is 29.3 Å². The third-order valence-corrected chi connectivity index (χ3v) is 3.12. The minimum absolute atomic E-state index is 0.0602. The van der Waals surface area contributed by atoms with Crippen LogP contribution in [0.25, 0.3) is 0 Å². The molecule has 0 aliphatic carbocycles. The van der Waals surface area contributed by atoms with Crippen LogP contribution in [0.2, 0.25) is 0 Å². The fourth-order valence-corrected chi connectivity index (χ4v) is 2.12. The van der Waals surface area contributed by atoms with Crippen molar-refractivity contribution < 1.29 is 26.7 Å². The zero-order chi connectivity index (χ0) is 16.2. The minimum Gasteiger partial charge on any atom is -0.329 e. The molecule has 1 amide bonds. The molecular formula is C13H13BrF5NO. The van der Waals surface area contributed by atoms with Crippen molar-refractivity contribution in [2.45, 2.75) is 25.9 Å². The predicted molar refractivity (Wildman–Crippen MR) is 70.9 cm³/mol. The molecule has 0 heterocycles. The molecule has 0 aliphatic rings. The number of amides is 1. The maximum atomic E-state index is 13.7. The minimum atomic E-state index is -4.63. The first kappa shape index (κ1) is 17.9. The van der Waals surface area contributed by atoms with E-state index in [1.807, 2.05) is 0 Å². The highest BCUT2D eigenvalue weighted by Gasteiger charge is 2.34. The summed E-state index contributed by atoms with van der Waals surface area (Å²) in [4.78, 5) is 12.4. The van der Waals surface area contributed by atoms with Gasteiger partial charge in [-0.3, -0.25) is 4.79 Å². The number of unbranched alkanes of at least 4 members (excludes halogenated alkanes) is 1. The van der Waals surface area contributed by atoms with Crippen LogP contribution in [0.3, 0.4) is 0 Å². The molecule has 0 saturated carbocycles. The molecule has 1 aromatic rings. The molecule has 0 atom stereocenters. The fraction of sp³-hybridized carbons (Fsp3) is 0.462. The number of alkyl halides is 3. The monoisotopic (exact) mass is 373 g/mol. The van der Waals surface area contributed by atoms with Crippen molar-refractivity contribution in [2.75, 3.05) is 13.1 Å². The van der Waals surface area contributed by atoms with Crippen LogP contribution in [-0.2, 0) is 0 Å². The second kappa shape index (κ2) is 7.20. The van der Waals surface area contributed by atoms with E-state index in [1.54, 1.807) is 6.92 Å². The fourth-order valence-electron chi connectivity index (χ4n) is 1.72. The predicted octanol–water partition coefficient (Wildman–Crippen LogP) is 4.53. The molecule has 0 saturated heterocycles. The van der Waals surface area contributed by atoms with Gasteiger partial charge >= 0.3 is 6.18 Å². The molecule has 0 aromatic heterocycles. The Bertz CT molecular complexity index is 495. The van der Waals surface area contributed by atoms with Crippen molar-refractivity contribution in [1.29, 1.82) is 0 Å². The third-order valence-electron chi connectivity index (χ3n) is 2.66. The summed E-state index contributed by atoms with van der Waals surface area (Å²) in [6, 6.07) is 1.67. The number of carbonyl (C=O) groups excluding carboxylic acids is 1. The Hall–Kier alpha value is -1.18. The van der Waals surface area contributed by atoms with Crippen molar-refractivity contribution in [1.82, 2.24) is 4.90 Å². The first-order chi connectivity index (χ1) is 9.65. The van der Waals surface area contributed by atoms with Gasteiger partial charge in [0.05, 0.1) is 0 Å². The zero-order valence-corrected chi connectivity index (χ0v) is 12.7. The quantitative estimate of drug-likeness (QED) is 0.694. The van der Waals surface area contributed by atoms with E-state index in [9.17, 15) is 26.7 Å². The molecule has 118 valence electrons. The van der Waals surface area contributed by atoms with E-state index in [0.717, 1.165) is 12.1 Å². The first-order valence-corrected chi connectivity index (χ1v) is 6.95. The third kappa shape index (κ3) is 5.26. The van der Waals surface area contributed by atoms with E-state index in [2.05, 4.69) is 15.9 Å². The Morgan fingerprint density at radius 3 is 2.19 bits per heavy atom. The molecule has 21 heavy (non-hydrogen) atoms. The first-order valence-electron chi connectivity index (χ1n) is 6.16. The Morgan fingerprint density at radius 2 is 1.76 bits per heavy atom. The molecular weight excluding hydrogens is 361 g/mol. The van der Waals surface area contributed by atoms with Gasteiger partial charge in [-0.2, -0.15) is 13.2 Å². The van der Waals surface area contributed by atoms with Crippen LogP contribution in [0, 0.1) is 11.6 Å². The lowest BCUT2D eigenvalue weighted by Gasteiger charge is -2.24. The number of nitrogens with zero attached hydrogens (tertiary/aromatic N) is 1. The van der Waals surface area contributed by atoms with Gasteiger partial charge in [-0.15, -0.1) is 0 Å². The van der Waals surface area contributed by atoms with Gasteiger partial charge in [0.15, 0.2) is 0 Å². The lowest BCUT2D eigenvalue weighted by molar-refractivity contribution is -0.140. The summed E-state index contributed by atoms with van der Waals surface area (Å²) in [5, 5.41) is 0. The standard InChI is InChI=1S/C13H13BrF5NO/c1-2-3-4-20(7-13(17,18)19)12(21)11-9(15)5-8(14)6-10(11)16/h5-6H,2-4,7H2,1H3. The molecule has 2 nitrogen and oxygen atoms in total. The van der Waals surface area contributed by atoms with Crippen LogP contribution in [-0.4, -0.2) is 30.1 Å². The van der Waals surface area contributed by atoms with Crippen LogP contribution >= 0.6 is 15.9 Å². The highest BCUT2D eigenvalue weighted by atomic mass is 79.9. The average Bonchev–Trinajstić information content (AvgIpc) is 2.31. The van der Waals surface area contributed by atoms with Gasteiger partial charge in [0.1, 0.15) is 23.7 Å². The summed E-state index contributed by atoms with van der Waals surface area (Å²) >= 11 is 2.84. The molecule has 0 N–H and O–H groups in total. The van der Waals surface area contributed by atoms with Gasteiger partial charge in [-0.25, -0.2) is 8.78 Å². The van der Waals surface area contributed by atoms with E-state index in [-0.39, 0.29) is 11.0 Å². The maximum Gasteiger partial charge on any atom is 0.406 e. The highest BCUT2D eigenvalue weighted by molar-refractivity contribution is 9.10. The van der Waals surface area contributed by atoms with E-state index >= 15 is 0 Å². The summed E-state index contributed by atoms with van der Waals surface area (Å²) in [6.07, 6.45) is -3.78. The van der Waals surface area contributed by atoms with E-state index in [1.165, 1.54) is 0 Å². The summed E-state index contributed by atoms with van der Waals surface area (Å²) in [5.74, 6) is -3.70. The number of halogens is 6. The molecule has 0 unspecified atom stereocenters. The van der Waals surface area contributed by atoms with Crippen LogP contribution in [0.1, 0.15) is 30.1 Å². The second-order valence-corrected chi connectivity index (χ2v) is 5.36. The lowest BCUT2D eigenvalue weighted by atomic mass is 10.1. The molecule has 8 heteroatoms. The van der Waals surface area contributed by atoms with E-state index < -0.39 is 35.8 Å². The smallest absolute Gasteiger partial charge is 0.329 e. The molecule has 0 radical (unpaired) electrons.